The number of nitrogens with two attached hydrogens (primary N) is 1. The van der Waals surface area contributed by atoms with Gasteiger partial charge in [0, 0.05) is 18.3 Å². The normalized spacial score (nSPS) is 20.2. The van der Waals surface area contributed by atoms with Crippen LogP contribution in [0.4, 0.5) is 5.69 Å². The van der Waals surface area contributed by atoms with E-state index in [0.717, 1.165) is 18.8 Å². The molecule has 0 saturated carbocycles. The first-order valence-corrected chi connectivity index (χ1v) is 8.31. The Morgan fingerprint density at radius 2 is 2.00 bits per heavy atom. The number of sulfonamides is 1. The molecule has 0 amide bonds. The van der Waals surface area contributed by atoms with Crippen molar-refractivity contribution in [2.45, 2.75) is 31.1 Å². The molecule has 0 radical (unpaired) electrons. The second kappa shape index (κ2) is 6.36. The Balaban J connectivity index is 1.84. The van der Waals surface area contributed by atoms with Crippen molar-refractivity contribution >= 4 is 15.7 Å². The molecule has 0 aliphatic carbocycles. The van der Waals surface area contributed by atoms with E-state index in [2.05, 4.69) is 10.6 Å². The summed E-state index contributed by atoms with van der Waals surface area (Å²) in [4.78, 5) is 0. The second-order valence-corrected chi connectivity index (χ2v) is 6.65. The molecule has 0 spiro atoms. The molecule has 1 aromatic carbocycles. The summed E-state index contributed by atoms with van der Waals surface area (Å²) in [5.74, 6) is -0.114. The van der Waals surface area contributed by atoms with Crippen LogP contribution in [0.5, 0.6) is 0 Å². The molecule has 1 heterocycles. The zero-order chi connectivity index (χ0) is 13.7. The van der Waals surface area contributed by atoms with Crippen molar-refractivity contribution in [2.24, 2.45) is 5.14 Å². The van der Waals surface area contributed by atoms with Crippen LogP contribution in [0.3, 0.4) is 0 Å². The van der Waals surface area contributed by atoms with Crippen LogP contribution in [0, 0.1) is 0 Å². The van der Waals surface area contributed by atoms with Gasteiger partial charge in [0.2, 0.25) is 10.0 Å². The molecule has 0 aromatic heterocycles. The number of benzene rings is 1. The second-order valence-electron chi connectivity index (χ2n) is 5.03. The van der Waals surface area contributed by atoms with Crippen LogP contribution in [-0.4, -0.2) is 27.5 Å². The molecular formula is C13H21N3O2S. The molecule has 1 aliphatic heterocycles. The van der Waals surface area contributed by atoms with Crippen molar-refractivity contribution in [2.75, 3.05) is 18.4 Å². The highest BCUT2D eigenvalue weighted by Crippen LogP contribution is 2.13. The topological polar surface area (TPSA) is 84.2 Å². The van der Waals surface area contributed by atoms with E-state index < -0.39 is 10.0 Å². The minimum Gasteiger partial charge on any atom is -0.383 e. The molecular weight excluding hydrogens is 262 g/mol. The van der Waals surface area contributed by atoms with Crippen LogP contribution in [0.25, 0.3) is 0 Å². The van der Waals surface area contributed by atoms with Crippen molar-refractivity contribution in [3.8, 4) is 0 Å². The summed E-state index contributed by atoms with van der Waals surface area (Å²) in [5, 5.41) is 11.8. The van der Waals surface area contributed by atoms with Gasteiger partial charge in [0.15, 0.2) is 0 Å². The maximum Gasteiger partial charge on any atom is 0.213 e. The van der Waals surface area contributed by atoms with Gasteiger partial charge in [0.1, 0.15) is 0 Å². The number of anilines is 1. The molecule has 106 valence electrons. The highest BCUT2D eigenvalue weighted by molar-refractivity contribution is 7.88. The number of nitrogens with one attached hydrogen (secondary N) is 2. The van der Waals surface area contributed by atoms with Crippen LogP contribution in [-0.2, 0) is 15.8 Å². The number of rotatable bonds is 5. The Kier molecular flexibility index (Phi) is 4.79. The van der Waals surface area contributed by atoms with Crippen LogP contribution < -0.4 is 15.8 Å². The smallest absolute Gasteiger partial charge is 0.213 e. The third-order valence-corrected chi connectivity index (χ3v) is 4.02. The number of primary sulfonamides is 1. The number of piperidine rings is 1. The van der Waals surface area contributed by atoms with Gasteiger partial charge < -0.3 is 10.6 Å². The molecule has 1 atom stereocenters. The van der Waals surface area contributed by atoms with Crippen molar-refractivity contribution in [1.29, 1.82) is 0 Å². The number of hydrogen-bond acceptors (Lipinski definition) is 4. The molecule has 1 aliphatic rings. The predicted molar refractivity (Wildman–Crippen MR) is 77.4 cm³/mol. The highest BCUT2D eigenvalue weighted by atomic mass is 32.2. The van der Waals surface area contributed by atoms with Gasteiger partial charge in [-0.25, -0.2) is 13.6 Å². The van der Waals surface area contributed by atoms with E-state index >= 15 is 0 Å². The summed E-state index contributed by atoms with van der Waals surface area (Å²) in [6, 6.07) is 7.90. The first kappa shape index (κ1) is 14.3. The van der Waals surface area contributed by atoms with Crippen LogP contribution in [0.15, 0.2) is 24.3 Å². The van der Waals surface area contributed by atoms with E-state index in [4.69, 9.17) is 5.14 Å². The zero-order valence-electron chi connectivity index (χ0n) is 10.9. The van der Waals surface area contributed by atoms with Gasteiger partial charge in [-0.3, -0.25) is 0 Å². The van der Waals surface area contributed by atoms with Gasteiger partial charge >= 0.3 is 0 Å². The maximum absolute atomic E-state index is 11.0. The fourth-order valence-corrected chi connectivity index (χ4v) is 2.95. The molecule has 1 unspecified atom stereocenters. The summed E-state index contributed by atoms with van der Waals surface area (Å²) in [6.45, 7) is 1.99. The Morgan fingerprint density at radius 1 is 1.26 bits per heavy atom. The monoisotopic (exact) mass is 283 g/mol. The molecule has 19 heavy (non-hydrogen) atoms. The lowest BCUT2D eigenvalue weighted by Gasteiger charge is -2.24. The lowest BCUT2D eigenvalue weighted by atomic mass is 10.1. The van der Waals surface area contributed by atoms with Crippen molar-refractivity contribution in [3.05, 3.63) is 29.8 Å². The van der Waals surface area contributed by atoms with Crippen LogP contribution in [0.1, 0.15) is 24.8 Å². The zero-order valence-corrected chi connectivity index (χ0v) is 11.7. The maximum atomic E-state index is 11.0. The quantitative estimate of drug-likeness (QED) is 0.753. The van der Waals surface area contributed by atoms with Gasteiger partial charge in [0.05, 0.1) is 5.75 Å². The molecule has 1 aromatic rings. The first-order valence-electron chi connectivity index (χ1n) is 6.59. The van der Waals surface area contributed by atoms with Gasteiger partial charge in [0.25, 0.3) is 0 Å². The molecule has 1 saturated heterocycles. The SMILES string of the molecule is NS(=O)(=O)Cc1ccc(NCC2CCCCN2)cc1. The van der Waals surface area contributed by atoms with Gasteiger partial charge in [-0.05, 0) is 37.1 Å². The predicted octanol–water partition coefficient (Wildman–Crippen LogP) is 1.03. The average molecular weight is 283 g/mol. The summed E-state index contributed by atoms with van der Waals surface area (Å²) < 4.78 is 21.9. The van der Waals surface area contributed by atoms with Crippen molar-refractivity contribution in [1.82, 2.24) is 5.32 Å². The van der Waals surface area contributed by atoms with E-state index in [0.29, 0.717) is 11.6 Å². The lowest BCUT2D eigenvalue weighted by molar-refractivity contribution is 0.414. The molecule has 4 N–H and O–H groups in total. The Bertz CT molecular complexity index is 493. The van der Waals surface area contributed by atoms with Crippen LogP contribution >= 0.6 is 0 Å². The summed E-state index contributed by atoms with van der Waals surface area (Å²) >= 11 is 0. The summed E-state index contributed by atoms with van der Waals surface area (Å²) in [5.41, 5.74) is 1.72. The third-order valence-electron chi connectivity index (χ3n) is 3.29. The largest absolute Gasteiger partial charge is 0.383 e. The first-order chi connectivity index (χ1) is 9.03. The molecule has 5 nitrogen and oxygen atoms in total. The van der Waals surface area contributed by atoms with Gasteiger partial charge in [-0.15, -0.1) is 0 Å². The minimum atomic E-state index is -3.45. The standard InChI is InChI=1S/C13H21N3O2S/c14-19(17,18)10-11-4-6-12(7-5-11)16-9-13-3-1-2-8-15-13/h4-7,13,15-16H,1-3,8-10H2,(H2,14,17,18). The number of hydrogen-bond donors (Lipinski definition) is 3. The van der Waals surface area contributed by atoms with Gasteiger partial charge in [-0.2, -0.15) is 0 Å². The van der Waals surface area contributed by atoms with Crippen LogP contribution in [0.2, 0.25) is 0 Å². The van der Waals surface area contributed by atoms with Crippen molar-refractivity contribution < 1.29 is 8.42 Å². The molecule has 6 heteroatoms. The van der Waals surface area contributed by atoms with E-state index in [1.54, 1.807) is 12.1 Å². The minimum absolute atomic E-state index is 0.114. The van der Waals surface area contributed by atoms with E-state index in [9.17, 15) is 8.42 Å². The molecule has 1 fully saturated rings. The fraction of sp³-hybridized carbons (Fsp3) is 0.538. The fourth-order valence-electron chi connectivity index (χ4n) is 2.29. The summed E-state index contributed by atoms with van der Waals surface area (Å²) in [6.07, 6.45) is 3.75. The Labute approximate surface area is 114 Å². The highest BCUT2D eigenvalue weighted by Gasteiger charge is 2.11. The average Bonchev–Trinajstić information content (AvgIpc) is 2.37. The lowest BCUT2D eigenvalue weighted by Crippen LogP contribution is -2.39. The molecule has 2 rings (SSSR count). The van der Waals surface area contributed by atoms with E-state index in [-0.39, 0.29) is 5.75 Å². The van der Waals surface area contributed by atoms with Crippen molar-refractivity contribution in [3.63, 3.8) is 0 Å². The Morgan fingerprint density at radius 3 is 2.58 bits per heavy atom. The molecule has 0 bridgehead atoms. The third kappa shape index (κ3) is 5.18. The summed E-state index contributed by atoms with van der Waals surface area (Å²) in [7, 11) is -3.45. The van der Waals surface area contributed by atoms with E-state index in [1.807, 2.05) is 12.1 Å². The van der Waals surface area contributed by atoms with Gasteiger partial charge in [-0.1, -0.05) is 18.6 Å². The van der Waals surface area contributed by atoms with E-state index in [1.165, 1.54) is 19.3 Å². The Hall–Kier alpha value is -1.11.